The highest BCUT2D eigenvalue weighted by Gasteiger charge is 2.15. The van der Waals surface area contributed by atoms with Crippen molar-refractivity contribution in [1.29, 1.82) is 0 Å². The molecule has 0 aliphatic carbocycles. The highest BCUT2D eigenvalue weighted by Crippen LogP contribution is 2.24. The Bertz CT molecular complexity index is 614. The topological polar surface area (TPSA) is 97.5 Å². The van der Waals surface area contributed by atoms with Gasteiger partial charge in [-0.3, -0.25) is 9.36 Å². The van der Waals surface area contributed by atoms with Crippen molar-refractivity contribution < 1.29 is 19.7 Å². The zero-order valence-corrected chi connectivity index (χ0v) is 11.5. The lowest BCUT2D eigenvalue weighted by atomic mass is 10.3. The maximum absolute atomic E-state index is 10.6. The number of aliphatic hydroxyl groups is 1. The molecule has 1 heterocycles. The van der Waals surface area contributed by atoms with Crippen LogP contribution >= 0.6 is 11.8 Å². The highest BCUT2D eigenvalue weighted by atomic mass is 32.2. The maximum atomic E-state index is 10.6. The largest absolute Gasteiger partial charge is 0.497 e. The number of methoxy groups -OCH3 is 1. The molecule has 0 spiro atoms. The Balaban J connectivity index is 2.41. The summed E-state index contributed by atoms with van der Waals surface area (Å²) in [7, 11) is 1.55. The number of hydrogen-bond donors (Lipinski definition) is 2. The molecule has 8 heteroatoms. The molecule has 0 saturated carbocycles. The first-order chi connectivity index (χ1) is 9.65. The third kappa shape index (κ3) is 3.09. The molecule has 0 saturated heterocycles. The Hall–Kier alpha value is -2.06. The minimum absolute atomic E-state index is 0.131. The van der Waals surface area contributed by atoms with Crippen LogP contribution in [-0.4, -0.2) is 43.8 Å². The molecule has 0 aliphatic heterocycles. The van der Waals surface area contributed by atoms with E-state index in [1.165, 1.54) is 0 Å². The Labute approximate surface area is 119 Å². The number of thioether (sulfide) groups is 1. The normalized spacial score (nSPS) is 10.5. The SMILES string of the molecule is COc1cccc(-n2c(CO)nnc2SCC(=O)O)c1. The second-order valence-electron chi connectivity index (χ2n) is 3.78. The summed E-state index contributed by atoms with van der Waals surface area (Å²) < 4.78 is 6.75. The lowest BCUT2D eigenvalue weighted by Crippen LogP contribution is -2.05. The van der Waals surface area contributed by atoms with Crippen molar-refractivity contribution >= 4 is 17.7 Å². The van der Waals surface area contributed by atoms with Gasteiger partial charge in [-0.05, 0) is 12.1 Å². The summed E-state index contributed by atoms with van der Waals surface area (Å²) in [6.07, 6.45) is 0. The molecule has 2 rings (SSSR count). The van der Waals surface area contributed by atoms with E-state index >= 15 is 0 Å². The van der Waals surface area contributed by atoms with Crippen molar-refractivity contribution in [1.82, 2.24) is 14.8 Å². The molecule has 0 bridgehead atoms. The summed E-state index contributed by atoms with van der Waals surface area (Å²) in [6.45, 7) is -0.294. The van der Waals surface area contributed by atoms with Crippen molar-refractivity contribution in [3.05, 3.63) is 30.1 Å². The smallest absolute Gasteiger partial charge is 0.313 e. The van der Waals surface area contributed by atoms with Crippen molar-refractivity contribution in [2.24, 2.45) is 0 Å². The van der Waals surface area contributed by atoms with E-state index in [2.05, 4.69) is 10.2 Å². The second-order valence-corrected chi connectivity index (χ2v) is 4.72. The molecule has 0 aliphatic rings. The van der Waals surface area contributed by atoms with Crippen LogP contribution in [0.4, 0.5) is 0 Å². The Morgan fingerprint density at radius 1 is 1.45 bits per heavy atom. The zero-order valence-electron chi connectivity index (χ0n) is 10.7. The first kappa shape index (κ1) is 14.4. The van der Waals surface area contributed by atoms with Gasteiger partial charge in [0.2, 0.25) is 0 Å². The van der Waals surface area contributed by atoms with E-state index in [0.29, 0.717) is 22.4 Å². The van der Waals surface area contributed by atoms with E-state index in [-0.39, 0.29) is 12.4 Å². The lowest BCUT2D eigenvalue weighted by Gasteiger charge is -2.09. The van der Waals surface area contributed by atoms with Crippen LogP contribution in [0.2, 0.25) is 0 Å². The summed E-state index contributed by atoms with van der Waals surface area (Å²) in [6, 6.07) is 7.14. The van der Waals surface area contributed by atoms with E-state index in [1.807, 2.05) is 0 Å². The fourth-order valence-corrected chi connectivity index (χ4v) is 2.32. The van der Waals surface area contributed by atoms with Crippen LogP contribution in [0.25, 0.3) is 5.69 Å². The van der Waals surface area contributed by atoms with Gasteiger partial charge >= 0.3 is 5.97 Å². The van der Waals surface area contributed by atoms with Gasteiger partial charge in [0, 0.05) is 6.07 Å². The van der Waals surface area contributed by atoms with Crippen LogP contribution in [0.3, 0.4) is 0 Å². The number of hydrogen-bond acceptors (Lipinski definition) is 6. The van der Waals surface area contributed by atoms with Crippen LogP contribution < -0.4 is 4.74 Å². The van der Waals surface area contributed by atoms with E-state index in [9.17, 15) is 9.90 Å². The number of aromatic nitrogens is 3. The standard InChI is InChI=1S/C12H13N3O4S/c1-19-9-4-2-3-8(5-9)15-10(6-16)13-14-12(15)20-7-11(17)18/h2-5,16H,6-7H2,1H3,(H,17,18). The first-order valence-corrected chi connectivity index (χ1v) is 6.68. The van der Waals surface area contributed by atoms with Gasteiger partial charge in [0.25, 0.3) is 0 Å². The van der Waals surface area contributed by atoms with Crippen molar-refractivity contribution in [2.75, 3.05) is 12.9 Å². The minimum atomic E-state index is -0.944. The van der Waals surface area contributed by atoms with Gasteiger partial charge in [0.1, 0.15) is 12.4 Å². The van der Waals surface area contributed by atoms with E-state index < -0.39 is 5.97 Å². The molecule has 20 heavy (non-hydrogen) atoms. The molecule has 2 aromatic rings. The molecule has 0 unspecified atom stereocenters. The lowest BCUT2D eigenvalue weighted by molar-refractivity contribution is -0.133. The summed E-state index contributed by atoms with van der Waals surface area (Å²) in [5.74, 6) is -0.0887. The number of ether oxygens (including phenoxy) is 1. The third-order valence-corrected chi connectivity index (χ3v) is 3.39. The predicted octanol–water partition coefficient (Wildman–Crippen LogP) is 0.945. The fraction of sp³-hybridized carbons (Fsp3) is 0.250. The molecular weight excluding hydrogens is 282 g/mol. The number of benzene rings is 1. The summed E-state index contributed by atoms with van der Waals surface area (Å²) in [4.78, 5) is 10.6. The van der Waals surface area contributed by atoms with Crippen LogP contribution in [0, 0.1) is 0 Å². The number of carboxylic acid groups (broad SMARTS) is 1. The molecule has 0 fully saturated rings. The van der Waals surface area contributed by atoms with Gasteiger partial charge in [0.05, 0.1) is 18.6 Å². The molecular formula is C12H13N3O4S. The van der Waals surface area contributed by atoms with E-state index in [1.54, 1.807) is 35.9 Å². The molecule has 1 aromatic heterocycles. The van der Waals surface area contributed by atoms with Crippen LogP contribution in [-0.2, 0) is 11.4 Å². The third-order valence-electron chi connectivity index (χ3n) is 2.48. The quantitative estimate of drug-likeness (QED) is 0.765. The average molecular weight is 295 g/mol. The Morgan fingerprint density at radius 2 is 2.25 bits per heavy atom. The monoisotopic (exact) mass is 295 g/mol. The van der Waals surface area contributed by atoms with Crippen molar-refractivity contribution in [3.63, 3.8) is 0 Å². The molecule has 106 valence electrons. The molecule has 0 amide bonds. The maximum Gasteiger partial charge on any atom is 0.313 e. The van der Waals surface area contributed by atoms with Gasteiger partial charge in [-0.2, -0.15) is 0 Å². The van der Waals surface area contributed by atoms with Crippen molar-refractivity contribution in [3.8, 4) is 11.4 Å². The molecule has 2 N–H and O–H groups in total. The van der Waals surface area contributed by atoms with Gasteiger partial charge in [-0.25, -0.2) is 0 Å². The van der Waals surface area contributed by atoms with Crippen molar-refractivity contribution in [2.45, 2.75) is 11.8 Å². The number of aliphatic carboxylic acids is 1. The zero-order chi connectivity index (χ0) is 14.5. The van der Waals surface area contributed by atoms with E-state index in [0.717, 1.165) is 11.8 Å². The number of nitrogens with zero attached hydrogens (tertiary/aromatic N) is 3. The summed E-state index contributed by atoms with van der Waals surface area (Å²) in [5, 5.41) is 26.2. The Kier molecular flexibility index (Phi) is 4.59. The molecule has 0 radical (unpaired) electrons. The molecule has 1 aromatic carbocycles. The summed E-state index contributed by atoms with van der Waals surface area (Å²) in [5.41, 5.74) is 0.700. The van der Waals surface area contributed by atoms with Crippen LogP contribution in [0.1, 0.15) is 5.82 Å². The van der Waals surface area contributed by atoms with Crippen LogP contribution in [0.15, 0.2) is 29.4 Å². The predicted molar refractivity (Wildman–Crippen MR) is 72.2 cm³/mol. The molecule has 0 atom stereocenters. The van der Waals surface area contributed by atoms with Gasteiger partial charge in [-0.15, -0.1) is 10.2 Å². The van der Waals surface area contributed by atoms with Gasteiger partial charge in [0.15, 0.2) is 11.0 Å². The Morgan fingerprint density at radius 3 is 2.90 bits per heavy atom. The minimum Gasteiger partial charge on any atom is -0.497 e. The first-order valence-electron chi connectivity index (χ1n) is 5.70. The molecule has 7 nitrogen and oxygen atoms in total. The van der Waals surface area contributed by atoms with E-state index in [4.69, 9.17) is 9.84 Å². The number of carboxylic acids is 1. The number of carbonyl (C=O) groups is 1. The number of aliphatic hydroxyl groups excluding tert-OH is 1. The fourth-order valence-electron chi connectivity index (χ4n) is 1.63. The van der Waals surface area contributed by atoms with Crippen LogP contribution in [0.5, 0.6) is 5.75 Å². The number of rotatable bonds is 6. The van der Waals surface area contributed by atoms with Gasteiger partial charge in [-0.1, -0.05) is 17.8 Å². The second kappa shape index (κ2) is 6.40. The summed E-state index contributed by atoms with van der Waals surface area (Å²) >= 11 is 1.04. The average Bonchev–Trinajstić information content (AvgIpc) is 2.88. The van der Waals surface area contributed by atoms with Gasteiger partial charge < -0.3 is 14.9 Å². The highest BCUT2D eigenvalue weighted by molar-refractivity contribution is 7.99.